The summed E-state index contributed by atoms with van der Waals surface area (Å²) in [5, 5.41) is 5.51. The first kappa shape index (κ1) is 24.5. The molecule has 2 aromatic heterocycles. The van der Waals surface area contributed by atoms with Crippen LogP contribution >= 0.6 is 22.7 Å². The van der Waals surface area contributed by atoms with Gasteiger partial charge in [-0.25, -0.2) is 4.98 Å². The number of nitrogens with zero attached hydrogens (tertiary/aromatic N) is 2. The second kappa shape index (κ2) is 9.33. The van der Waals surface area contributed by atoms with Gasteiger partial charge >= 0.3 is 0 Å². The van der Waals surface area contributed by atoms with Gasteiger partial charge in [0, 0.05) is 40.9 Å². The summed E-state index contributed by atoms with van der Waals surface area (Å²) in [4.78, 5) is 20.9. The van der Waals surface area contributed by atoms with E-state index < -0.39 is 0 Å². The Kier molecular flexibility index (Phi) is 6.52. The molecule has 184 valence electrons. The molecule has 2 aliphatic rings. The Morgan fingerprint density at radius 3 is 2.43 bits per heavy atom. The van der Waals surface area contributed by atoms with E-state index in [1.54, 1.807) is 28.7 Å². The summed E-state index contributed by atoms with van der Waals surface area (Å²) < 4.78 is 0. The van der Waals surface area contributed by atoms with Crippen LogP contribution in [0.5, 0.6) is 0 Å². The number of amides is 1. The van der Waals surface area contributed by atoms with Gasteiger partial charge < -0.3 is 4.90 Å². The lowest BCUT2D eigenvalue weighted by Crippen LogP contribution is -2.36. The van der Waals surface area contributed by atoms with Gasteiger partial charge in [-0.3, -0.25) is 4.79 Å². The van der Waals surface area contributed by atoms with Crippen molar-refractivity contribution in [2.75, 3.05) is 13.1 Å². The van der Waals surface area contributed by atoms with Gasteiger partial charge in [0.2, 0.25) is 5.91 Å². The molecule has 1 aliphatic carbocycles. The molecule has 3 aromatic rings. The third-order valence-electron chi connectivity index (χ3n) is 8.11. The van der Waals surface area contributed by atoms with Crippen LogP contribution < -0.4 is 0 Å². The summed E-state index contributed by atoms with van der Waals surface area (Å²) in [5.74, 6) is 0.560. The maximum atomic E-state index is 12.7. The summed E-state index contributed by atoms with van der Waals surface area (Å²) >= 11 is 3.46. The van der Waals surface area contributed by atoms with Crippen molar-refractivity contribution in [1.82, 2.24) is 9.88 Å². The summed E-state index contributed by atoms with van der Waals surface area (Å²) in [6.45, 7) is 13.2. The van der Waals surface area contributed by atoms with Crippen molar-refractivity contribution < 1.29 is 4.79 Å². The molecule has 0 bridgehead atoms. The molecule has 5 heteroatoms. The number of carbonyl (C=O) groups is 1. The number of aryl methyl sites for hydroxylation is 1. The number of aromatic nitrogens is 1. The molecule has 0 N–H and O–H groups in total. The van der Waals surface area contributed by atoms with E-state index in [0.717, 1.165) is 36.5 Å². The van der Waals surface area contributed by atoms with E-state index in [1.165, 1.54) is 40.1 Å². The number of benzene rings is 1. The number of hydrogen-bond donors (Lipinski definition) is 0. The average molecular weight is 505 g/mol. The Labute approximate surface area is 217 Å². The molecule has 0 atom stereocenters. The minimum absolute atomic E-state index is 0.121. The molecular formula is C30H36N2OS2. The Morgan fingerprint density at radius 2 is 1.74 bits per heavy atom. The van der Waals surface area contributed by atoms with Crippen LogP contribution in [-0.4, -0.2) is 28.9 Å². The van der Waals surface area contributed by atoms with Crippen molar-refractivity contribution in [2.24, 2.45) is 0 Å². The van der Waals surface area contributed by atoms with E-state index in [1.807, 2.05) is 11.0 Å². The van der Waals surface area contributed by atoms with Crippen LogP contribution in [0.3, 0.4) is 0 Å². The highest BCUT2D eigenvalue weighted by Crippen LogP contribution is 2.47. The third-order valence-corrected chi connectivity index (χ3v) is 10.1. The molecule has 0 radical (unpaired) electrons. The van der Waals surface area contributed by atoms with Crippen LogP contribution in [0.4, 0.5) is 0 Å². The summed E-state index contributed by atoms with van der Waals surface area (Å²) in [5.41, 5.74) is 6.98. The fourth-order valence-corrected chi connectivity index (χ4v) is 7.33. The van der Waals surface area contributed by atoms with Crippen molar-refractivity contribution in [2.45, 2.75) is 77.0 Å². The summed E-state index contributed by atoms with van der Waals surface area (Å²) in [7, 11) is 0. The Morgan fingerprint density at radius 1 is 1.03 bits per heavy atom. The van der Waals surface area contributed by atoms with Gasteiger partial charge in [-0.15, -0.1) is 22.7 Å². The Hall–Kier alpha value is -2.24. The SMILES string of the molecule is Cc1ccsc1C=CC(=O)N1CCC(c2nc(-c3ccc4c(c3)C(C)(C)CCC4(C)C)cs2)CC1. The molecule has 5 rings (SSSR count). The van der Waals surface area contributed by atoms with Gasteiger partial charge in [0.15, 0.2) is 0 Å². The summed E-state index contributed by atoms with van der Waals surface area (Å²) in [6, 6.07) is 9.11. The monoisotopic (exact) mass is 504 g/mol. The molecule has 1 saturated heterocycles. The number of thiazole rings is 1. The fourth-order valence-electron chi connectivity index (χ4n) is 5.51. The van der Waals surface area contributed by atoms with E-state index in [2.05, 4.69) is 69.6 Å². The van der Waals surface area contributed by atoms with Crippen LogP contribution in [0.2, 0.25) is 0 Å². The van der Waals surface area contributed by atoms with Crippen LogP contribution in [0.25, 0.3) is 17.3 Å². The van der Waals surface area contributed by atoms with Gasteiger partial charge in [0.1, 0.15) is 0 Å². The average Bonchev–Trinajstić information content (AvgIpc) is 3.50. The molecule has 3 nitrogen and oxygen atoms in total. The van der Waals surface area contributed by atoms with Crippen molar-refractivity contribution in [3.63, 3.8) is 0 Å². The molecule has 35 heavy (non-hydrogen) atoms. The van der Waals surface area contributed by atoms with Crippen LogP contribution in [-0.2, 0) is 15.6 Å². The Bertz CT molecular complexity index is 1250. The first-order valence-electron chi connectivity index (χ1n) is 12.8. The van der Waals surface area contributed by atoms with Gasteiger partial charge in [-0.2, -0.15) is 0 Å². The molecule has 1 fully saturated rings. The van der Waals surface area contributed by atoms with Crippen LogP contribution in [0.1, 0.15) is 85.9 Å². The number of likely N-dealkylation sites (tertiary alicyclic amines) is 1. The zero-order chi connectivity index (χ0) is 24.8. The lowest BCUT2D eigenvalue weighted by molar-refractivity contribution is -0.126. The van der Waals surface area contributed by atoms with Crippen molar-refractivity contribution in [1.29, 1.82) is 0 Å². The van der Waals surface area contributed by atoms with Gasteiger partial charge in [0.05, 0.1) is 10.7 Å². The van der Waals surface area contributed by atoms with E-state index in [9.17, 15) is 4.79 Å². The molecule has 1 aliphatic heterocycles. The molecule has 3 heterocycles. The molecule has 1 aromatic carbocycles. The third kappa shape index (κ3) is 4.90. The van der Waals surface area contributed by atoms with E-state index in [0.29, 0.717) is 5.92 Å². The Balaban J connectivity index is 1.26. The first-order chi connectivity index (χ1) is 16.6. The minimum Gasteiger partial charge on any atom is -0.339 e. The molecule has 1 amide bonds. The smallest absolute Gasteiger partial charge is 0.246 e. The normalized spacial score (nSPS) is 19.7. The molecule has 0 spiro atoms. The number of fused-ring (bicyclic) bond motifs is 1. The van der Waals surface area contributed by atoms with Gasteiger partial charge in [-0.1, -0.05) is 39.8 Å². The van der Waals surface area contributed by atoms with Crippen molar-refractivity contribution in [3.05, 3.63) is 67.7 Å². The maximum Gasteiger partial charge on any atom is 0.246 e. The minimum atomic E-state index is 0.121. The molecule has 0 unspecified atom stereocenters. The first-order valence-corrected chi connectivity index (χ1v) is 14.5. The largest absolute Gasteiger partial charge is 0.339 e. The second-order valence-electron chi connectivity index (χ2n) is 11.5. The summed E-state index contributed by atoms with van der Waals surface area (Å²) in [6.07, 6.45) is 8.12. The van der Waals surface area contributed by atoms with E-state index in [4.69, 9.17) is 4.98 Å². The topological polar surface area (TPSA) is 33.2 Å². The lowest BCUT2D eigenvalue weighted by atomic mass is 9.63. The number of rotatable bonds is 4. The highest BCUT2D eigenvalue weighted by Gasteiger charge is 2.37. The van der Waals surface area contributed by atoms with Crippen molar-refractivity contribution in [3.8, 4) is 11.3 Å². The molecule has 0 saturated carbocycles. The predicted octanol–water partition coefficient (Wildman–Crippen LogP) is 7.95. The predicted molar refractivity (Wildman–Crippen MR) is 149 cm³/mol. The number of carbonyl (C=O) groups excluding carboxylic acids is 1. The number of hydrogen-bond acceptors (Lipinski definition) is 4. The lowest BCUT2D eigenvalue weighted by Gasteiger charge is -2.42. The standard InChI is InChI=1S/C30H36N2OS2/c1-20-12-17-34-26(20)8-9-27(33)32-15-10-21(11-16-32)28-31-25(19-35-28)22-6-7-23-24(18-22)30(4,5)14-13-29(23,2)3/h6-9,12,17-19,21H,10-11,13-16H2,1-5H3. The van der Waals surface area contributed by atoms with Crippen LogP contribution in [0.15, 0.2) is 41.1 Å². The maximum absolute atomic E-state index is 12.7. The zero-order valence-corrected chi connectivity index (χ0v) is 23.2. The van der Waals surface area contributed by atoms with E-state index >= 15 is 0 Å². The molecular weight excluding hydrogens is 468 g/mol. The zero-order valence-electron chi connectivity index (χ0n) is 21.6. The van der Waals surface area contributed by atoms with Gasteiger partial charge in [-0.05, 0) is 83.7 Å². The second-order valence-corrected chi connectivity index (χ2v) is 13.3. The van der Waals surface area contributed by atoms with E-state index in [-0.39, 0.29) is 16.7 Å². The highest BCUT2D eigenvalue weighted by molar-refractivity contribution is 7.11. The number of piperidine rings is 1. The quantitative estimate of drug-likeness (QED) is 0.338. The fraction of sp³-hybridized carbons (Fsp3) is 0.467. The van der Waals surface area contributed by atoms with Crippen molar-refractivity contribution >= 4 is 34.7 Å². The van der Waals surface area contributed by atoms with Gasteiger partial charge in [0.25, 0.3) is 0 Å². The number of thiophene rings is 1. The highest BCUT2D eigenvalue weighted by atomic mass is 32.1. The van der Waals surface area contributed by atoms with Crippen LogP contribution in [0, 0.1) is 6.92 Å².